The fourth-order valence-electron chi connectivity index (χ4n) is 2.81. The Morgan fingerprint density at radius 1 is 1.26 bits per heavy atom. The molecule has 1 aromatic rings. The van der Waals surface area contributed by atoms with Crippen molar-refractivity contribution < 1.29 is 14.7 Å². The largest absolute Gasteiger partial charge is 0.481 e. The molecule has 0 radical (unpaired) electrons. The van der Waals surface area contributed by atoms with Crippen molar-refractivity contribution in [1.82, 2.24) is 10.2 Å². The molecule has 1 saturated heterocycles. The van der Waals surface area contributed by atoms with E-state index < -0.39 is 5.97 Å². The Hall–Kier alpha value is -2.24. The number of rotatable bonds is 7. The smallest absolute Gasteiger partial charge is 0.317 e. The quantitative estimate of drug-likeness (QED) is 0.756. The molecule has 0 aromatic heterocycles. The number of amides is 2. The molecule has 0 bridgehead atoms. The van der Waals surface area contributed by atoms with Gasteiger partial charge < -0.3 is 20.2 Å². The summed E-state index contributed by atoms with van der Waals surface area (Å²) in [6, 6.07) is 8.02. The van der Waals surface area contributed by atoms with Crippen LogP contribution in [0, 0.1) is 0 Å². The van der Waals surface area contributed by atoms with Crippen LogP contribution in [0.3, 0.4) is 0 Å². The Morgan fingerprint density at radius 3 is 2.65 bits per heavy atom. The lowest BCUT2D eigenvalue weighted by Gasteiger charge is -2.24. The van der Waals surface area contributed by atoms with E-state index >= 15 is 0 Å². The van der Waals surface area contributed by atoms with Crippen LogP contribution in [0.15, 0.2) is 24.3 Å². The summed E-state index contributed by atoms with van der Waals surface area (Å²) in [5.41, 5.74) is 2.34. The predicted octanol–water partition coefficient (Wildman–Crippen LogP) is 2.29. The van der Waals surface area contributed by atoms with Crippen molar-refractivity contribution in [3.8, 4) is 0 Å². The minimum Gasteiger partial charge on any atom is -0.481 e. The zero-order valence-electron chi connectivity index (χ0n) is 13.6. The lowest BCUT2D eigenvalue weighted by Crippen LogP contribution is -2.37. The zero-order chi connectivity index (χ0) is 16.7. The Kier molecular flexibility index (Phi) is 6.26. The van der Waals surface area contributed by atoms with Crippen molar-refractivity contribution in [2.45, 2.75) is 32.2 Å². The van der Waals surface area contributed by atoms with Crippen molar-refractivity contribution in [1.29, 1.82) is 0 Å². The van der Waals surface area contributed by atoms with E-state index in [0.29, 0.717) is 19.5 Å². The number of urea groups is 1. The highest BCUT2D eigenvalue weighted by atomic mass is 16.4. The van der Waals surface area contributed by atoms with Gasteiger partial charge in [0.2, 0.25) is 0 Å². The standard InChI is InChI=1S/C17H25N3O3/c1-19(17(23)18-10-6-9-16(21)22)13-14-7-2-3-8-15(14)20-11-4-5-12-20/h2-3,7-8H,4-6,9-13H2,1H3,(H,18,23)(H,21,22). The van der Waals surface area contributed by atoms with Gasteiger partial charge in [-0.25, -0.2) is 4.79 Å². The number of carbonyl (C=O) groups excluding carboxylic acids is 1. The van der Waals surface area contributed by atoms with Gasteiger partial charge >= 0.3 is 12.0 Å². The molecule has 0 saturated carbocycles. The van der Waals surface area contributed by atoms with E-state index in [2.05, 4.69) is 22.3 Å². The van der Waals surface area contributed by atoms with Crippen LogP contribution in [0.4, 0.5) is 10.5 Å². The van der Waals surface area contributed by atoms with E-state index in [1.807, 2.05) is 12.1 Å². The first-order valence-electron chi connectivity index (χ1n) is 8.11. The monoisotopic (exact) mass is 319 g/mol. The van der Waals surface area contributed by atoms with Crippen LogP contribution < -0.4 is 10.2 Å². The van der Waals surface area contributed by atoms with Gasteiger partial charge in [-0.3, -0.25) is 4.79 Å². The third-order valence-electron chi connectivity index (χ3n) is 4.04. The number of para-hydroxylation sites is 1. The molecule has 23 heavy (non-hydrogen) atoms. The summed E-state index contributed by atoms with van der Waals surface area (Å²) in [6.07, 6.45) is 2.95. The molecule has 1 heterocycles. The molecule has 126 valence electrons. The number of anilines is 1. The van der Waals surface area contributed by atoms with Crippen molar-refractivity contribution in [2.75, 3.05) is 31.6 Å². The molecular weight excluding hydrogens is 294 g/mol. The lowest BCUT2D eigenvalue weighted by atomic mass is 10.1. The Morgan fingerprint density at radius 2 is 1.96 bits per heavy atom. The van der Waals surface area contributed by atoms with Gasteiger partial charge in [-0.2, -0.15) is 0 Å². The molecule has 1 aromatic carbocycles. The van der Waals surface area contributed by atoms with Crippen molar-refractivity contribution in [3.05, 3.63) is 29.8 Å². The fraction of sp³-hybridized carbons (Fsp3) is 0.529. The number of benzene rings is 1. The molecule has 0 aliphatic carbocycles. The van der Waals surface area contributed by atoms with Crippen LogP contribution in [0.5, 0.6) is 0 Å². The highest BCUT2D eigenvalue weighted by molar-refractivity contribution is 5.74. The maximum Gasteiger partial charge on any atom is 0.317 e. The molecular formula is C17H25N3O3. The number of carboxylic acid groups (broad SMARTS) is 1. The number of hydrogen-bond donors (Lipinski definition) is 2. The maximum absolute atomic E-state index is 12.1. The second-order valence-corrected chi connectivity index (χ2v) is 5.91. The Labute approximate surface area is 137 Å². The molecule has 1 fully saturated rings. The third kappa shape index (κ3) is 5.16. The molecule has 2 N–H and O–H groups in total. The van der Waals surface area contributed by atoms with Gasteiger partial charge in [-0.05, 0) is 30.9 Å². The van der Waals surface area contributed by atoms with Crippen LogP contribution in [-0.2, 0) is 11.3 Å². The third-order valence-corrected chi connectivity index (χ3v) is 4.04. The first kappa shape index (κ1) is 17.1. The lowest BCUT2D eigenvalue weighted by molar-refractivity contribution is -0.137. The number of nitrogens with one attached hydrogen (secondary N) is 1. The molecule has 1 aliphatic heterocycles. The average molecular weight is 319 g/mol. The summed E-state index contributed by atoms with van der Waals surface area (Å²) < 4.78 is 0. The highest BCUT2D eigenvalue weighted by Gasteiger charge is 2.17. The van der Waals surface area contributed by atoms with Crippen LogP contribution in [-0.4, -0.2) is 48.7 Å². The summed E-state index contributed by atoms with van der Waals surface area (Å²) in [4.78, 5) is 26.5. The summed E-state index contributed by atoms with van der Waals surface area (Å²) in [6.45, 7) is 3.06. The second-order valence-electron chi connectivity index (χ2n) is 5.91. The minimum atomic E-state index is -0.841. The SMILES string of the molecule is CN(Cc1ccccc1N1CCCC1)C(=O)NCCCC(=O)O. The highest BCUT2D eigenvalue weighted by Crippen LogP contribution is 2.25. The molecule has 0 unspecified atom stereocenters. The summed E-state index contributed by atoms with van der Waals surface area (Å²) in [5.74, 6) is -0.841. The van der Waals surface area contributed by atoms with E-state index in [0.717, 1.165) is 18.7 Å². The van der Waals surface area contributed by atoms with E-state index in [9.17, 15) is 9.59 Å². The van der Waals surface area contributed by atoms with E-state index in [4.69, 9.17) is 5.11 Å². The van der Waals surface area contributed by atoms with Gasteiger partial charge in [-0.15, -0.1) is 0 Å². The normalized spacial score (nSPS) is 13.9. The van der Waals surface area contributed by atoms with Gasteiger partial charge in [-0.1, -0.05) is 18.2 Å². The van der Waals surface area contributed by atoms with Crippen LogP contribution in [0.1, 0.15) is 31.2 Å². The van der Waals surface area contributed by atoms with Gasteiger partial charge in [0.25, 0.3) is 0 Å². The number of carbonyl (C=O) groups is 2. The number of hydrogen-bond acceptors (Lipinski definition) is 3. The van der Waals surface area contributed by atoms with Crippen molar-refractivity contribution in [2.24, 2.45) is 0 Å². The summed E-state index contributed by atoms with van der Waals surface area (Å²) >= 11 is 0. The molecule has 0 atom stereocenters. The molecule has 2 rings (SSSR count). The van der Waals surface area contributed by atoms with Gasteiger partial charge in [0.05, 0.1) is 0 Å². The zero-order valence-corrected chi connectivity index (χ0v) is 13.6. The molecule has 0 spiro atoms. The first-order valence-corrected chi connectivity index (χ1v) is 8.11. The predicted molar refractivity (Wildman–Crippen MR) is 89.6 cm³/mol. The summed E-state index contributed by atoms with van der Waals surface area (Å²) in [7, 11) is 1.76. The first-order chi connectivity index (χ1) is 11.1. The fourth-order valence-corrected chi connectivity index (χ4v) is 2.81. The average Bonchev–Trinajstić information content (AvgIpc) is 3.06. The number of aliphatic carboxylic acids is 1. The minimum absolute atomic E-state index is 0.0712. The molecule has 6 heteroatoms. The van der Waals surface area contributed by atoms with Gasteiger partial charge in [0, 0.05) is 45.3 Å². The molecule has 2 amide bonds. The van der Waals surface area contributed by atoms with Crippen molar-refractivity contribution in [3.63, 3.8) is 0 Å². The topological polar surface area (TPSA) is 72.9 Å². The number of carboxylic acids is 1. The second kappa shape index (κ2) is 8.41. The van der Waals surface area contributed by atoms with Crippen LogP contribution >= 0.6 is 0 Å². The van der Waals surface area contributed by atoms with E-state index in [1.54, 1.807) is 11.9 Å². The van der Waals surface area contributed by atoms with E-state index in [-0.39, 0.29) is 12.5 Å². The Bertz CT molecular complexity index is 542. The molecule has 6 nitrogen and oxygen atoms in total. The Balaban J connectivity index is 1.88. The van der Waals surface area contributed by atoms with Crippen molar-refractivity contribution >= 4 is 17.7 Å². The van der Waals surface area contributed by atoms with Gasteiger partial charge in [0.1, 0.15) is 0 Å². The summed E-state index contributed by atoms with van der Waals surface area (Å²) in [5, 5.41) is 11.3. The van der Waals surface area contributed by atoms with Crippen LogP contribution in [0.2, 0.25) is 0 Å². The maximum atomic E-state index is 12.1. The van der Waals surface area contributed by atoms with Crippen LogP contribution in [0.25, 0.3) is 0 Å². The van der Waals surface area contributed by atoms with E-state index in [1.165, 1.54) is 18.5 Å². The molecule has 1 aliphatic rings. The van der Waals surface area contributed by atoms with Gasteiger partial charge in [0.15, 0.2) is 0 Å². The number of nitrogens with zero attached hydrogens (tertiary/aromatic N) is 2.